The molecule has 0 bridgehead atoms. The maximum Gasteiger partial charge on any atom is 0.330 e. The lowest BCUT2D eigenvalue weighted by atomic mass is 10.1. The summed E-state index contributed by atoms with van der Waals surface area (Å²) in [4.78, 5) is 25.1. The van der Waals surface area contributed by atoms with Gasteiger partial charge in [0.25, 0.3) is 5.91 Å². The number of hydrogen-bond acceptors (Lipinski definition) is 6. The number of para-hydroxylation sites is 1. The van der Waals surface area contributed by atoms with Crippen LogP contribution in [-0.2, 0) is 20.9 Å². The number of ether oxygens (including phenoxy) is 1. The number of aryl methyl sites for hydroxylation is 1. The van der Waals surface area contributed by atoms with Crippen molar-refractivity contribution in [3.63, 3.8) is 0 Å². The fourth-order valence-electron chi connectivity index (χ4n) is 2.37. The molecule has 3 aromatic rings. The molecular weight excluding hydrogens is 384 g/mol. The summed E-state index contributed by atoms with van der Waals surface area (Å²) >= 11 is 0. The van der Waals surface area contributed by atoms with E-state index in [1.165, 1.54) is 13.0 Å². The molecule has 0 aliphatic rings. The fraction of sp³-hybridized carbons (Fsp3) is 0.211. The predicted octanol–water partition coefficient (Wildman–Crippen LogP) is 2.50. The predicted molar refractivity (Wildman–Crippen MR) is 98.5 cm³/mol. The van der Waals surface area contributed by atoms with Gasteiger partial charge in [-0.05, 0) is 31.2 Å². The molecule has 0 radical (unpaired) electrons. The Balaban J connectivity index is 1.57. The van der Waals surface area contributed by atoms with Gasteiger partial charge in [0.15, 0.2) is 12.6 Å². The minimum atomic E-state index is -1.29. The minimum Gasteiger partial charge on any atom is -0.451 e. The second kappa shape index (κ2) is 8.55. The number of esters is 1. The van der Waals surface area contributed by atoms with Crippen LogP contribution in [0.1, 0.15) is 12.5 Å². The van der Waals surface area contributed by atoms with Crippen LogP contribution in [0.25, 0.3) is 11.4 Å². The van der Waals surface area contributed by atoms with E-state index in [1.807, 2.05) is 31.2 Å². The molecule has 150 valence electrons. The molecule has 1 N–H and O–H groups in total. The highest BCUT2D eigenvalue weighted by molar-refractivity contribution is 5.95. The average molecular weight is 401 g/mol. The lowest BCUT2D eigenvalue weighted by Gasteiger charge is -2.14. The second-order valence-electron chi connectivity index (χ2n) is 6.23. The highest BCUT2D eigenvalue weighted by atomic mass is 19.1. The number of nitrogens with zero attached hydrogens (tertiary/aromatic N) is 4. The zero-order valence-electron chi connectivity index (χ0n) is 15.6. The number of carbonyl (C=O) groups excluding carboxylic acids is 2. The standard InChI is InChI=1S/C19H17F2N5O3/c1-11-6-8-13(9-7-11)18-23-25-26(24-18)10-16(27)29-12(2)19(28)22-17-14(20)4-3-5-15(17)21/h3-9,12H,10H2,1-2H3,(H,22,28)/t12-/m0/s1. The fourth-order valence-corrected chi connectivity index (χ4v) is 2.37. The van der Waals surface area contributed by atoms with Gasteiger partial charge < -0.3 is 10.1 Å². The maximum atomic E-state index is 13.6. The number of halogens is 2. The Labute approximate surface area is 164 Å². The summed E-state index contributed by atoms with van der Waals surface area (Å²) < 4.78 is 32.2. The van der Waals surface area contributed by atoms with Crippen LogP contribution in [0.4, 0.5) is 14.5 Å². The van der Waals surface area contributed by atoms with E-state index in [9.17, 15) is 18.4 Å². The Morgan fingerprint density at radius 3 is 2.45 bits per heavy atom. The van der Waals surface area contributed by atoms with E-state index in [0.717, 1.165) is 28.1 Å². The number of amides is 1. The van der Waals surface area contributed by atoms with Crippen molar-refractivity contribution in [1.29, 1.82) is 0 Å². The van der Waals surface area contributed by atoms with E-state index < -0.39 is 35.3 Å². The minimum absolute atomic E-state index is 0.332. The number of hydrogen-bond donors (Lipinski definition) is 1. The topological polar surface area (TPSA) is 99.0 Å². The summed E-state index contributed by atoms with van der Waals surface area (Å²) in [6, 6.07) is 10.6. The smallest absolute Gasteiger partial charge is 0.330 e. The molecule has 0 saturated heterocycles. The quantitative estimate of drug-likeness (QED) is 0.637. The SMILES string of the molecule is Cc1ccc(-c2nnn(CC(=O)O[C@@H](C)C(=O)Nc3c(F)cccc3F)n2)cc1. The second-order valence-corrected chi connectivity index (χ2v) is 6.23. The van der Waals surface area contributed by atoms with Gasteiger partial charge in [-0.3, -0.25) is 4.79 Å². The molecule has 8 nitrogen and oxygen atoms in total. The number of anilines is 1. The van der Waals surface area contributed by atoms with E-state index in [4.69, 9.17) is 4.74 Å². The van der Waals surface area contributed by atoms with Crippen molar-refractivity contribution in [2.24, 2.45) is 0 Å². The van der Waals surface area contributed by atoms with Gasteiger partial charge in [-0.15, -0.1) is 10.2 Å². The van der Waals surface area contributed by atoms with Crippen molar-refractivity contribution in [2.45, 2.75) is 26.5 Å². The Morgan fingerprint density at radius 2 is 1.79 bits per heavy atom. The molecule has 10 heteroatoms. The molecule has 3 rings (SSSR count). The Kier molecular flexibility index (Phi) is 5.91. The zero-order chi connectivity index (χ0) is 21.0. The Bertz CT molecular complexity index is 1020. The van der Waals surface area contributed by atoms with Gasteiger partial charge in [-0.25, -0.2) is 13.6 Å². The third kappa shape index (κ3) is 4.98. The molecule has 1 heterocycles. The summed E-state index contributed by atoms with van der Waals surface area (Å²) in [5.41, 5.74) is 1.20. The molecule has 0 spiro atoms. The van der Waals surface area contributed by atoms with Crippen molar-refractivity contribution in [3.8, 4) is 11.4 Å². The number of carbonyl (C=O) groups is 2. The lowest BCUT2D eigenvalue weighted by molar-refractivity contribution is -0.154. The number of benzene rings is 2. The van der Waals surface area contributed by atoms with Gasteiger partial charge in [0.1, 0.15) is 17.3 Å². The number of tetrazole rings is 1. The van der Waals surface area contributed by atoms with E-state index in [2.05, 4.69) is 20.7 Å². The molecule has 29 heavy (non-hydrogen) atoms. The number of rotatable bonds is 6. The van der Waals surface area contributed by atoms with Gasteiger partial charge in [-0.2, -0.15) is 4.80 Å². The van der Waals surface area contributed by atoms with Crippen LogP contribution in [0.3, 0.4) is 0 Å². The molecule has 0 aliphatic heterocycles. The largest absolute Gasteiger partial charge is 0.451 e. The lowest BCUT2D eigenvalue weighted by Crippen LogP contribution is -2.32. The van der Waals surface area contributed by atoms with Crippen molar-refractivity contribution < 1.29 is 23.1 Å². The van der Waals surface area contributed by atoms with Crippen LogP contribution in [-0.4, -0.2) is 38.2 Å². The summed E-state index contributed by atoms with van der Waals surface area (Å²) in [5.74, 6) is -3.23. The van der Waals surface area contributed by atoms with Crippen molar-refractivity contribution in [3.05, 3.63) is 59.7 Å². The number of nitrogens with one attached hydrogen (secondary N) is 1. The summed E-state index contributed by atoms with van der Waals surface area (Å²) in [6.07, 6.45) is -1.29. The summed E-state index contributed by atoms with van der Waals surface area (Å²) in [5, 5.41) is 13.8. The van der Waals surface area contributed by atoms with Gasteiger partial charge in [0, 0.05) is 5.56 Å². The van der Waals surface area contributed by atoms with E-state index in [1.54, 1.807) is 0 Å². The Morgan fingerprint density at radius 1 is 1.14 bits per heavy atom. The van der Waals surface area contributed by atoms with E-state index in [0.29, 0.717) is 5.82 Å². The van der Waals surface area contributed by atoms with Crippen molar-refractivity contribution in [1.82, 2.24) is 20.2 Å². The first-order valence-corrected chi connectivity index (χ1v) is 8.62. The molecule has 1 atom stereocenters. The molecule has 2 aromatic carbocycles. The van der Waals surface area contributed by atoms with E-state index in [-0.39, 0.29) is 6.54 Å². The van der Waals surface area contributed by atoms with E-state index >= 15 is 0 Å². The van der Waals surface area contributed by atoms with Gasteiger partial charge in [-0.1, -0.05) is 35.9 Å². The van der Waals surface area contributed by atoms with Crippen LogP contribution in [0.15, 0.2) is 42.5 Å². The van der Waals surface area contributed by atoms with Crippen LogP contribution in [0, 0.1) is 18.6 Å². The summed E-state index contributed by atoms with van der Waals surface area (Å²) in [6.45, 7) is 2.84. The first-order chi connectivity index (χ1) is 13.8. The van der Waals surface area contributed by atoms with Gasteiger partial charge in [0.05, 0.1) is 0 Å². The monoisotopic (exact) mass is 401 g/mol. The third-order valence-electron chi connectivity index (χ3n) is 3.92. The molecular formula is C19H17F2N5O3. The normalized spacial score (nSPS) is 11.7. The zero-order valence-corrected chi connectivity index (χ0v) is 15.6. The number of aromatic nitrogens is 4. The molecule has 0 aliphatic carbocycles. The third-order valence-corrected chi connectivity index (χ3v) is 3.92. The molecule has 0 saturated carbocycles. The molecule has 0 unspecified atom stereocenters. The van der Waals surface area contributed by atoms with Crippen LogP contribution < -0.4 is 5.32 Å². The summed E-state index contributed by atoms with van der Waals surface area (Å²) in [7, 11) is 0. The van der Waals surface area contributed by atoms with Gasteiger partial charge >= 0.3 is 5.97 Å². The first-order valence-electron chi connectivity index (χ1n) is 8.62. The Hall–Kier alpha value is -3.69. The highest BCUT2D eigenvalue weighted by Gasteiger charge is 2.21. The molecule has 1 amide bonds. The molecule has 0 fully saturated rings. The highest BCUT2D eigenvalue weighted by Crippen LogP contribution is 2.18. The first kappa shape index (κ1) is 20.1. The van der Waals surface area contributed by atoms with Crippen molar-refractivity contribution in [2.75, 3.05) is 5.32 Å². The molecule has 1 aromatic heterocycles. The van der Waals surface area contributed by atoms with Gasteiger partial charge in [0.2, 0.25) is 5.82 Å². The van der Waals surface area contributed by atoms with Crippen molar-refractivity contribution >= 4 is 17.6 Å². The van der Waals surface area contributed by atoms with Crippen LogP contribution in [0.2, 0.25) is 0 Å². The maximum absolute atomic E-state index is 13.6. The average Bonchev–Trinajstić information content (AvgIpc) is 3.13. The van der Waals surface area contributed by atoms with Crippen LogP contribution in [0.5, 0.6) is 0 Å². The van der Waals surface area contributed by atoms with Crippen LogP contribution >= 0.6 is 0 Å².